The molecule has 19 heteroatoms. The number of phosphoric acid groups is 2. The van der Waals surface area contributed by atoms with Gasteiger partial charge in [-0.15, -0.1) is 0 Å². The molecule has 618 valence electrons. The lowest BCUT2D eigenvalue weighted by atomic mass is 10.0. The number of phosphoric ester groups is 2. The lowest BCUT2D eigenvalue weighted by Gasteiger charge is -2.21. The normalized spacial score (nSPS) is 13.8. The number of aliphatic hydroxyl groups is 1. The maximum atomic E-state index is 13.1. The molecular formula is C85H166O17P2. The smallest absolute Gasteiger partial charge is 0.462 e. The van der Waals surface area contributed by atoms with Crippen LogP contribution < -0.4 is 0 Å². The average Bonchev–Trinajstić information content (AvgIpc) is 0.904. The highest BCUT2D eigenvalue weighted by Crippen LogP contribution is 2.45. The zero-order valence-electron chi connectivity index (χ0n) is 68.2. The molecule has 0 saturated heterocycles. The van der Waals surface area contributed by atoms with Crippen molar-refractivity contribution in [3.63, 3.8) is 0 Å². The summed E-state index contributed by atoms with van der Waals surface area (Å²) in [5.41, 5.74) is 0. The first-order valence-electron chi connectivity index (χ1n) is 44.1. The van der Waals surface area contributed by atoms with Crippen LogP contribution in [0.2, 0.25) is 0 Å². The Morgan fingerprint density at radius 1 is 0.260 bits per heavy atom. The molecule has 0 bridgehead atoms. The molecule has 0 spiro atoms. The summed E-state index contributed by atoms with van der Waals surface area (Å²) in [5, 5.41) is 10.7. The van der Waals surface area contributed by atoms with Crippen LogP contribution in [0.25, 0.3) is 0 Å². The van der Waals surface area contributed by atoms with Gasteiger partial charge in [0.1, 0.15) is 19.3 Å². The molecule has 2 unspecified atom stereocenters. The Balaban J connectivity index is 5.22. The van der Waals surface area contributed by atoms with E-state index in [2.05, 4.69) is 34.6 Å². The summed E-state index contributed by atoms with van der Waals surface area (Å²) in [6.07, 6.45) is 70.8. The number of esters is 4. The molecular weight excluding hydrogens is 1350 g/mol. The molecule has 3 N–H and O–H groups in total. The highest BCUT2D eigenvalue weighted by Gasteiger charge is 2.30. The van der Waals surface area contributed by atoms with Crippen LogP contribution in [-0.4, -0.2) is 96.7 Å². The van der Waals surface area contributed by atoms with Crippen LogP contribution >= 0.6 is 15.6 Å². The Bertz CT molecular complexity index is 1980. The molecule has 0 aromatic heterocycles. The first-order chi connectivity index (χ1) is 50.5. The largest absolute Gasteiger partial charge is 0.472 e. The van der Waals surface area contributed by atoms with Crippen molar-refractivity contribution < 1.29 is 80.2 Å². The first kappa shape index (κ1) is 102. The summed E-state index contributed by atoms with van der Waals surface area (Å²) in [6.45, 7) is 7.36. The lowest BCUT2D eigenvalue weighted by molar-refractivity contribution is -0.161. The highest BCUT2D eigenvalue weighted by atomic mass is 31.2. The molecule has 0 fully saturated rings. The van der Waals surface area contributed by atoms with E-state index in [-0.39, 0.29) is 25.7 Å². The number of hydrogen-bond donors (Lipinski definition) is 3. The van der Waals surface area contributed by atoms with E-state index < -0.39 is 97.5 Å². The topological polar surface area (TPSA) is 237 Å². The van der Waals surface area contributed by atoms with Crippen molar-refractivity contribution in [1.29, 1.82) is 0 Å². The third-order valence-electron chi connectivity index (χ3n) is 20.0. The zero-order chi connectivity index (χ0) is 76.2. The van der Waals surface area contributed by atoms with Crippen molar-refractivity contribution in [2.75, 3.05) is 39.6 Å². The molecule has 0 radical (unpaired) electrons. The number of hydrogen-bond acceptors (Lipinski definition) is 15. The van der Waals surface area contributed by atoms with Gasteiger partial charge >= 0.3 is 39.5 Å². The van der Waals surface area contributed by atoms with Gasteiger partial charge in [-0.3, -0.25) is 37.3 Å². The Labute approximate surface area is 638 Å². The quantitative estimate of drug-likeness (QED) is 0.0222. The minimum Gasteiger partial charge on any atom is -0.462 e. The Kier molecular flexibility index (Phi) is 76.3. The van der Waals surface area contributed by atoms with Crippen molar-refractivity contribution in [3.8, 4) is 0 Å². The van der Waals surface area contributed by atoms with Crippen molar-refractivity contribution in [2.45, 2.75) is 477 Å². The summed E-state index contributed by atoms with van der Waals surface area (Å²) in [6, 6.07) is 0. The summed E-state index contributed by atoms with van der Waals surface area (Å²) < 4.78 is 68.8. The molecule has 104 heavy (non-hydrogen) atoms. The first-order valence-corrected chi connectivity index (χ1v) is 47.1. The molecule has 0 amide bonds. The van der Waals surface area contributed by atoms with E-state index in [1.165, 1.54) is 283 Å². The number of aliphatic hydroxyl groups excluding tert-OH is 1. The highest BCUT2D eigenvalue weighted by molar-refractivity contribution is 7.47. The Morgan fingerprint density at radius 3 is 0.654 bits per heavy atom. The standard InChI is InChI=1S/C85H166O17P2/c1-6-9-12-15-18-21-24-26-28-30-32-34-36-38-40-45-50-55-60-65-70-84(89)102-81(75-96-83(88)69-64-59-54-49-44-39-37-35-33-31-29-27-25-22-19-16-13-10-7-2)77-100-104(93,94)98-73-79(86)72-97-103(91,92)99-76-80(74-95-82(87)68-63-58-53-48-23-20-17-14-11-8-3)101-85(90)71-66-61-56-51-46-42-41-43-47-52-57-62-67-78(4)5/h78-81,86H,6-77H2,1-5H3,(H,91,92)(H,93,94)/t79-,80+,81+/m0/s1. The molecule has 0 rings (SSSR count). The molecule has 17 nitrogen and oxygen atoms in total. The fourth-order valence-electron chi connectivity index (χ4n) is 13.3. The second-order valence-electron chi connectivity index (χ2n) is 31.1. The molecule has 0 aliphatic heterocycles. The minimum absolute atomic E-state index is 0.108. The summed E-state index contributed by atoms with van der Waals surface area (Å²) >= 11 is 0. The number of carbonyl (C=O) groups is 4. The molecule has 5 atom stereocenters. The predicted octanol–water partition coefficient (Wildman–Crippen LogP) is 26.0. The van der Waals surface area contributed by atoms with E-state index >= 15 is 0 Å². The molecule has 0 aromatic carbocycles. The number of carbonyl (C=O) groups excluding carboxylic acids is 4. The molecule has 0 aliphatic rings. The second-order valence-corrected chi connectivity index (χ2v) is 34.0. The molecule has 0 heterocycles. The lowest BCUT2D eigenvalue weighted by Crippen LogP contribution is -2.30. The Morgan fingerprint density at radius 2 is 0.442 bits per heavy atom. The van der Waals surface area contributed by atoms with Gasteiger partial charge in [0.15, 0.2) is 12.2 Å². The molecule has 0 aliphatic carbocycles. The van der Waals surface area contributed by atoms with E-state index in [4.69, 9.17) is 37.0 Å². The third-order valence-corrected chi connectivity index (χ3v) is 21.9. The van der Waals surface area contributed by atoms with Crippen LogP contribution in [0, 0.1) is 5.92 Å². The van der Waals surface area contributed by atoms with Gasteiger partial charge in [0.05, 0.1) is 26.4 Å². The fraction of sp³-hybridized carbons (Fsp3) is 0.953. The van der Waals surface area contributed by atoms with Crippen LogP contribution in [0.1, 0.15) is 458 Å². The van der Waals surface area contributed by atoms with E-state index in [9.17, 15) is 43.2 Å². The van der Waals surface area contributed by atoms with Gasteiger partial charge in [0, 0.05) is 25.7 Å². The van der Waals surface area contributed by atoms with Crippen LogP contribution in [-0.2, 0) is 65.4 Å². The van der Waals surface area contributed by atoms with Gasteiger partial charge < -0.3 is 33.8 Å². The summed E-state index contributed by atoms with van der Waals surface area (Å²) in [7, 11) is -9.92. The van der Waals surface area contributed by atoms with Crippen LogP contribution in [0.3, 0.4) is 0 Å². The van der Waals surface area contributed by atoms with E-state index in [0.29, 0.717) is 25.7 Å². The number of unbranched alkanes of at least 4 members (excludes halogenated alkanes) is 57. The summed E-state index contributed by atoms with van der Waals surface area (Å²) in [4.78, 5) is 73.2. The van der Waals surface area contributed by atoms with Crippen molar-refractivity contribution in [3.05, 3.63) is 0 Å². The van der Waals surface area contributed by atoms with Crippen molar-refractivity contribution >= 4 is 39.5 Å². The van der Waals surface area contributed by atoms with Gasteiger partial charge in [-0.25, -0.2) is 9.13 Å². The van der Waals surface area contributed by atoms with Gasteiger partial charge in [-0.05, 0) is 31.6 Å². The zero-order valence-corrected chi connectivity index (χ0v) is 70.0. The third kappa shape index (κ3) is 78.2. The van der Waals surface area contributed by atoms with Gasteiger partial charge in [-0.2, -0.15) is 0 Å². The SMILES string of the molecule is CCCCCCCCCCCCCCCCCCCCCCC(=O)O[C@H](COC(=O)CCCCCCCCCCCCCCCCCCCCC)COP(=O)(O)OC[C@@H](O)COP(=O)(O)OC[C@@H](COC(=O)CCCCCCCCCCCC)OC(=O)CCCCCCCCCCCCCCC(C)C. The average molecular weight is 1520 g/mol. The molecule has 0 saturated carbocycles. The Hall–Kier alpha value is -1.94. The summed E-state index contributed by atoms with van der Waals surface area (Å²) in [5.74, 6) is -1.32. The van der Waals surface area contributed by atoms with Crippen LogP contribution in [0.15, 0.2) is 0 Å². The fourth-order valence-corrected chi connectivity index (χ4v) is 14.9. The maximum Gasteiger partial charge on any atom is 0.472 e. The molecule has 0 aromatic rings. The minimum atomic E-state index is -4.96. The number of rotatable bonds is 85. The monoisotopic (exact) mass is 1520 g/mol. The van der Waals surface area contributed by atoms with Crippen molar-refractivity contribution in [1.82, 2.24) is 0 Å². The van der Waals surface area contributed by atoms with Gasteiger partial charge in [0.25, 0.3) is 0 Å². The number of ether oxygens (including phenoxy) is 4. The second kappa shape index (κ2) is 77.8. The van der Waals surface area contributed by atoms with E-state index in [1.54, 1.807) is 0 Å². The van der Waals surface area contributed by atoms with Crippen LogP contribution in [0.4, 0.5) is 0 Å². The predicted molar refractivity (Wildman–Crippen MR) is 428 cm³/mol. The van der Waals surface area contributed by atoms with Gasteiger partial charge in [-0.1, -0.05) is 407 Å². The maximum absolute atomic E-state index is 13.1. The van der Waals surface area contributed by atoms with E-state index in [1.807, 2.05) is 0 Å². The van der Waals surface area contributed by atoms with Gasteiger partial charge in [0.2, 0.25) is 0 Å². The van der Waals surface area contributed by atoms with E-state index in [0.717, 1.165) is 95.8 Å². The van der Waals surface area contributed by atoms with Crippen molar-refractivity contribution in [2.24, 2.45) is 5.92 Å². The van der Waals surface area contributed by atoms with Crippen LogP contribution in [0.5, 0.6) is 0 Å².